The maximum absolute atomic E-state index is 13.1. The number of hydrogen-bond acceptors (Lipinski definition) is 3. The first kappa shape index (κ1) is 12.6. The maximum Gasteiger partial charge on any atom is 0.145 e. The van der Waals surface area contributed by atoms with E-state index in [1.807, 2.05) is 19.9 Å². The van der Waals surface area contributed by atoms with E-state index in [1.165, 1.54) is 12.1 Å². The lowest BCUT2D eigenvalue weighted by Gasteiger charge is -2.13. The number of aromatic nitrogens is 2. The van der Waals surface area contributed by atoms with Crippen molar-refractivity contribution >= 4 is 0 Å². The molecular weight excluding hydrogens is 229 g/mol. The summed E-state index contributed by atoms with van der Waals surface area (Å²) in [5.41, 5.74) is 7.52. The predicted octanol–water partition coefficient (Wildman–Crippen LogP) is 2.94. The molecule has 0 radical (unpaired) electrons. The van der Waals surface area contributed by atoms with Gasteiger partial charge >= 0.3 is 0 Å². The molecule has 4 heteroatoms. The van der Waals surface area contributed by atoms with Crippen molar-refractivity contribution in [3.8, 4) is 11.1 Å². The molecule has 0 saturated heterocycles. The molecule has 2 aromatic rings. The van der Waals surface area contributed by atoms with Gasteiger partial charge in [-0.3, -0.25) is 0 Å². The molecule has 0 aliphatic carbocycles. The Hall–Kier alpha value is -1.81. The average molecular weight is 245 g/mol. The van der Waals surface area contributed by atoms with E-state index >= 15 is 0 Å². The van der Waals surface area contributed by atoms with Crippen molar-refractivity contribution < 1.29 is 4.39 Å². The van der Waals surface area contributed by atoms with E-state index in [0.29, 0.717) is 5.82 Å². The lowest BCUT2D eigenvalue weighted by Crippen LogP contribution is -2.19. The van der Waals surface area contributed by atoms with Gasteiger partial charge in [-0.1, -0.05) is 26.0 Å². The minimum absolute atomic E-state index is 0.174. The lowest BCUT2D eigenvalue weighted by atomic mass is 10.0. The highest BCUT2D eigenvalue weighted by Crippen LogP contribution is 2.20. The van der Waals surface area contributed by atoms with Gasteiger partial charge in [-0.15, -0.1) is 0 Å². The van der Waals surface area contributed by atoms with Crippen LogP contribution in [0.3, 0.4) is 0 Å². The maximum atomic E-state index is 13.1. The van der Waals surface area contributed by atoms with Gasteiger partial charge in [0, 0.05) is 18.0 Å². The van der Waals surface area contributed by atoms with Crippen LogP contribution in [0.15, 0.2) is 36.7 Å². The first-order valence-electron chi connectivity index (χ1n) is 5.91. The summed E-state index contributed by atoms with van der Waals surface area (Å²) in [6, 6.07) is 6.18. The van der Waals surface area contributed by atoms with Crippen LogP contribution >= 0.6 is 0 Å². The van der Waals surface area contributed by atoms with E-state index in [9.17, 15) is 4.39 Å². The summed E-state index contributed by atoms with van der Waals surface area (Å²) in [5.74, 6) is 0.630. The molecule has 0 aliphatic rings. The fourth-order valence-electron chi connectivity index (χ4n) is 1.63. The molecule has 2 rings (SSSR count). The number of rotatable bonds is 3. The summed E-state index contributed by atoms with van der Waals surface area (Å²) in [6.45, 7) is 4.04. The van der Waals surface area contributed by atoms with Crippen molar-refractivity contribution in [3.05, 3.63) is 48.3 Å². The average Bonchev–Trinajstić information content (AvgIpc) is 2.38. The number of hydrogen-bond donors (Lipinski definition) is 1. The Labute approximate surface area is 106 Å². The number of nitrogens with two attached hydrogens (primary N) is 1. The summed E-state index contributed by atoms with van der Waals surface area (Å²) in [6.07, 6.45) is 3.36. The highest BCUT2D eigenvalue weighted by atomic mass is 19.1. The Kier molecular flexibility index (Phi) is 3.67. The van der Waals surface area contributed by atoms with E-state index in [4.69, 9.17) is 5.73 Å². The highest BCUT2D eigenvalue weighted by Gasteiger charge is 2.13. The molecular formula is C14H16FN3. The molecule has 3 nitrogen and oxygen atoms in total. The normalized spacial score (nSPS) is 12.7. The Bertz CT molecular complexity index is 523. The molecule has 0 fully saturated rings. The van der Waals surface area contributed by atoms with Gasteiger partial charge in [-0.2, -0.15) is 0 Å². The fourth-order valence-corrected chi connectivity index (χ4v) is 1.63. The largest absolute Gasteiger partial charge is 0.321 e. The monoisotopic (exact) mass is 245 g/mol. The van der Waals surface area contributed by atoms with Crippen LogP contribution in [-0.2, 0) is 0 Å². The van der Waals surface area contributed by atoms with Crippen LogP contribution in [0.1, 0.15) is 25.7 Å². The van der Waals surface area contributed by atoms with E-state index in [-0.39, 0.29) is 17.8 Å². The SMILES string of the molecule is CC(C)C(N)c1ncc(-c2cccc(F)c2)cn1. The molecule has 1 aromatic heterocycles. The van der Waals surface area contributed by atoms with Crippen LogP contribution in [0.25, 0.3) is 11.1 Å². The minimum atomic E-state index is -0.268. The van der Waals surface area contributed by atoms with Crippen molar-refractivity contribution in [2.24, 2.45) is 11.7 Å². The number of benzene rings is 1. The predicted molar refractivity (Wildman–Crippen MR) is 69.2 cm³/mol. The van der Waals surface area contributed by atoms with Gasteiger partial charge < -0.3 is 5.73 Å². The van der Waals surface area contributed by atoms with Crippen LogP contribution in [0.4, 0.5) is 4.39 Å². The quantitative estimate of drug-likeness (QED) is 0.904. The second-order valence-corrected chi connectivity index (χ2v) is 4.61. The van der Waals surface area contributed by atoms with Gasteiger partial charge in [0.1, 0.15) is 11.6 Å². The van der Waals surface area contributed by atoms with Crippen LogP contribution < -0.4 is 5.73 Å². The molecule has 0 spiro atoms. The summed E-state index contributed by atoms with van der Waals surface area (Å²) in [7, 11) is 0. The molecule has 0 bridgehead atoms. The molecule has 18 heavy (non-hydrogen) atoms. The standard InChI is InChI=1S/C14H16FN3/c1-9(2)13(16)14-17-7-11(8-18-14)10-4-3-5-12(15)6-10/h3-9,13H,16H2,1-2H3. The molecule has 1 unspecified atom stereocenters. The molecule has 1 heterocycles. The van der Waals surface area contributed by atoms with E-state index < -0.39 is 0 Å². The van der Waals surface area contributed by atoms with Crippen molar-refractivity contribution in [3.63, 3.8) is 0 Å². The first-order chi connectivity index (χ1) is 8.58. The molecule has 0 saturated carbocycles. The molecule has 2 N–H and O–H groups in total. The van der Waals surface area contributed by atoms with Crippen molar-refractivity contribution in [1.29, 1.82) is 0 Å². The third-order valence-electron chi connectivity index (χ3n) is 2.85. The van der Waals surface area contributed by atoms with E-state index in [0.717, 1.165) is 11.1 Å². The second-order valence-electron chi connectivity index (χ2n) is 4.61. The lowest BCUT2D eigenvalue weighted by molar-refractivity contribution is 0.490. The Morgan fingerprint density at radius 1 is 1.11 bits per heavy atom. The smallest absolute Gasteiger partial charge is 0.145 e. The van der Waals surface area contributed by atoms with Gasteiger partial charge in [0.15, 0.2) is 0 Å². The molecule has 0 aliphatic heterocycles. The topological polar surface area (TPSA) is 51.8 Å². The molecule has 1 atom stereocenters. The zero-order valence-corrected chi connectivity index (χ0v) is 10.5. The van der Waals surface area contributed by atoms with Gasteiger partial charge in [0.05, 0.1) is 6.04 Å². The third kappa shape index (κ3) is 2.71. The number of halogens is 1. The zero-order chi connectivity index (χ0) is 13.1. The Balaban J connectivity index is 2.28. The first-order valence-corrected chi connectivity index (χ1v) is 5.91. The van der Waals surface area contributed by atoms with Gasteiger partial charge in [0.2, 0.25) is 0 Å². The van der Waals surface area contributed by atoms with Crippen molar-refractivity contribution in [2.75, 3.05) is 0 Å². The molecule has 1 aromatic carbocycles. The minimum Gasteiger partial charge on any atom is -0.321 e. The zero-order valence-electron chi connectivity index (χ0n) is 10.5. The van der Waals surface area contributed by atoms with Gasteiger partial charge in [-0.05, 0) is 23.6 Å². The van der Waals surface area contributed by atoms with E-state index in [2.05, 4.69) is 9.97 Å². The summed E-state index contributed by atoms with van der Waals surface area (Å²) in [5, 5.41) is 0. The van der Waals surface area contributed by atoms with Crippen molar-refractivity contribution in [2.45, 2.75) is 19.9 Å². The van der Waals surface area contributed by atoms with Crippen molar-refractivity contribution in [1.82, 2.24) is 9.97 Å². The Morgan fingerprint density at radius 3 is 2.33 bits per heavy atom. The molecule has 94 valence electrons. The summed E-state index contributed by atoms with van der Waals surface area (Å²) in [4.78, 5) is 8.49. The van der Waals surface area contributed by atoms with Crippen LogP contribution in [0, 0.1) is 11.7 Å². The summed E-state index contributed by atoms with van der Waals surface area (Å²) >= 11 is 0. The van der Waals surface area contributed by atoms with Crippen LogP contribution in [-0.4, -0.2) is 9.97 Å². The highest BCUT2D eigenvalue weighted by molar-refractivity contribution is 5.61. The summed E-state index contributed by atoms with van der Waals surface area (Å²) < 4.78 is 13.1. The van der Waals surface area contributed by atoms with Crippen LogP contribution in [0.5, 0.6) is 0 Å². The third-order valence-corrected chi connectivity index (χ3v) is 2.85. The van der Waals surface area contributed by atoms with Crippen LogP contribution in [0.2, 0.25) is 0 Å². The molecule has 0 amide bonds. The fraction of sp³-hybridized carbons (Fsp3) is 0.286. The van der Waals surface area contributed by atoms with Gasteiger partial charge in [0.25, 0.3) is 0 Å². The second kappa shape index (κ2) is 5.23. The van der Waals surface area contributed by atoms with Gasteiger partial charge in [-0.25, -0.2) is 14.4 Å². The van der Waals surface area contributed by atoms with E-state index in [1.54, 1.807) is 18.5 Å². The number of nitrogens with zero attached hydrogens (tertiary/aromatic N) is 2. The Morgan fingerprint density at radius 2 is 1.78 bits per heavy atom.